The largest absolute Gasteiger partial charge is 0.496 e. The molecule has 1 aromatic carbocycles. The third-order valence-electron chi connectivity index (χ3n) is 2.21. The highest BCUT2D eigenvalue weighted by molar-refractivity contribution is 5.75. The van der Waals surface area contributed by atoms with Gasteiger partial charge in [0.2, 0.25) is 5.91 Å². The zero-order valence-corrected chi connectivity index (χ0v) is 10.3. The van der Waals surface area contributed by atoms with Crippen molar-refractivity contribution in [1.82, 2.24) is 10.4 Å². The number of hydrogen-bond acceptors (Lipinski definition) is 3. The Hall–Kier alpha value is -1.62. The van der Waals surface area contributed by atoms with Crippen molar-refractivity contribution in [3.05, 3.63) is 29.6 Å². The van der Waals surface area contributed by atoms with E-state index < -0.39 is 0 Å². The maximum Gasteiger partial charge on any atom is 0.234 e. The number of hydrazine groups is 1. The van der Waals surface area contributed by atoms with Gasteiger partial charge < -0.3 is 4.74 Å². The van der Waals surface area contributed by atoms with Crippen molar-refractivity contribution in [1.29, 1.82) is 0 Å². The van der Waals surface area contributed by atoms with Crippen molar-refractivity contribution in [2.75, 3.05) is 21.2 Å². The molecular formula is C12H17FN2O2. The summed E-state index contributed by atoms with van der Waals surface area (Å²) >= 11 is 0. The van der Waals surface area contributed by atoms with E-state index >= 15 is 0 Å². The fourth-order valence-electron chi connectivity index (χ4n) is 1.50. The highest BCUT2D eigenvalue weighted by Gasteiger charge is 2.08. The Balaban J connectivity index is 2.62. The first kappa shape index (κ1) is 13.4. The van der Waals surface area contributed by atoms with E-state index in [4.69, 9.17) is 4.74 Å². The fraction of sp³-hybridized carbons (Fsp3) is 0.417. The lowest BCUT2D eigenvalue weighted by atomic mass is 10.1. The van der Waals surface area contributed by atoms with Crippen LogP contribution in [0.15, 0.2) is 18.2 Å². The molecule has 5 heteroatoms. The maximum atomic E-state index is 13.1. The molecule has 4 nitrogen and oxygen atoms in total. The molecule has 0 unspecified atom stereocenters. The molecule has 0 atom stereocenters. The molecule has 94 valence electrons. The minimum Gasteiger partial charge on any atom is -0.496 e. The summed E-state index contributed by atoms with van der Waals surface area (Å²) in [6, 6.07) is 4.29. The van der Waals surface area contributed by atoms with Gasteiger partial charge in [0.1, 0.15) is 11.6 Å². The van der Waals surface area contributed by atoms with Gasteiger partial charge in [-0.2, -0.15) is 0 Å². The second-order valence-corrected chi connectivity index (χ2v) is 3.89. The Morgan fingerprint density at radius 2 is 2.18 bits per heavy atom. The van der Waals surface area contributed by atoms with Gasteiger partial charge in [-0.15, -0.1) is 0 Å². The SMILES string of the molecule is COc1ccc(F)cc1CCC(=O)NN(C)C. The van der Waals surface area contributed by atoms with Gasteiger partial charge in [0.15, 0.2) is 0 Å². The van der Waals surface area contributed by atoms with Crippen molar-refractivity contribution in [2.24, 2.45) is 0 Å². The van der Waals surface area contributed by atoms with Gasteiger partial charge in [-0.25, -0.2) is 9.40 Å². The molecule has 0 heterocycles. The Morgan fingerprint density at radius 3 is 2.76 bits per heavy atom. The van der Waals surface area contributed by atoms with Crippen LogP contribution in [0.3, 0.4) is 0 Å². The highest BCUT2D eigenvalue weighted by Crippen LogP contribution is 2.20. The summed E-state index contributed by atoms with van der Waals surface area (Å²) in [5.41, 5.74) is 3.32. The maximum absolute atomic E-state index is 13.1. The molecule has 17 heavy (non-hydrogen) atoms. The Bertz CT molecular complexity index is 394. The van der Waals surface area contributed by atoms with Crippen LogP contribution < -0.4 is 10.2 Å². The zero-order valence-electron chi connectivity index (χ0n) is 10.3. The van der Waals surface area contributed by atoms with E-state index in [1.807, 2.05) is 0 Å². The molecule has 1 N–H and O–H groups in total. The normalized spacial score (nSPS) is 10.4. The summed E-state index contributed by atoms with van der Waals surface area (Å²) in [7, 11) is 5.00. The van der Waals surface area contributed by atoms with Crippen molar-refractivity contribution in [3.63, 3.8) is 0 Å². The molecule has 0 radical (unpaired) electrons. The van der Waals surface area contributed by atoms with Crippen LogP contribution in [0.25, 0.3) is 0 Å². The molecule has 1 aromatic rings. The van der Waals surface area contributed by atoms with Gasteiger partial charge in [0.25, 0.3) is 0 Å². The number of halogens is 1. The third kappa shape index (κ3) is 4.40. The molecule has 0 aliphatic heterocycles. The molecular weight excluding hydrogens is 223 g/mol. The van der Waals surface area contributed by atoms with Crippen molar-refractivity contribution in [2.45, 2.75) is 12.8 Å². The molecule has 1 amide bonds. The number of benzene rings is 1. The van der Waals surface area contributed by atoms with E-state index in [9.17, 15) is 9.18 Å². The van der Waals surface area contributed by atoms with Crippen LogP contribution >= 0.6 is 0 Å². The lowest BCUT2D eigenvalue weighted by Gasteiger charge is -2.12. The average Bonchev–Trinajstić information content (AvgIpc) is 2.25. The lowest BCUT2D eigenvalue weighted by Crippen LogP contribution is -2.36. The van der Waals surface area contributed by atoms with Crippen LogP contribution in [0.2, 0.25) is 0 Å². The fourth-order valence-corrected chi connectivity index (χ4v) is 1.50. The Kier molecular flexibility index (Phi) is 4.90. The summed E-state index contributed by atoms with van der Waals surface area (Å²) in [6.07, 6.45) is 0.735. The number of aryl methyl sites for hydroxylation is 1. The predicted molar refractivity (Wildman–Crippen MR) is 63.1 cm³/mol. The first-order valence-electron chi connectivity index (χ1n) is 5.32. The van der Waals surface area contributed by atoms with Gasteiger partial charge in [0.05, 0.1) is 7.11 Å². The second kappa shape index (κ2) is 6.20. The van der Waals surface area contributed by atoms with Crippen LogP contribution in [0.4, 0.5) is 4.39 Å². The van der Waals surface area contributed by atoms with Crippen LogP contribution in [0.1, 0.15) is 12.0 Å². The Morgan fingerprint density at radius 1 is 1.47 bits per heavy atom. The van der Waals surface area contributed by atoms with Gasteiger partial charge >= 0.3 is 0 Å². The van der Waals surface area contributed by atoms with Crippen molar-refractivity contribution in [3.8, 4) is 5.75 Å². The van der Waals surface area contributed by atoms with Crippen LogP contribution in [-0.4, -0.2) is 32.1 Å². The molecule has 0 saturated carbocycles. The standard InChI is InChI=1S/C12H17FN2O2/c1-15(2)14-12(16)7-4-9-8-10(13)5-6-11(9)17-3/h5-6,8H,4,7H2,1-3H3,(H,14,16). The molecule has 0 aliphatic carbocycles. The van der Waals surface area contributed by atoms with Crippen LogP contribution in [0.5, 0.6) is 5.75 Å². The second-order valence-electron chi connectivity index (χ2n) is 3.89. The lowest BCUT2D eigenvalue weighted by molar-refractivity contribution is -0.124. The number of carbonyl (C=O) groups excluding carboxylic acids is 1. The van der Waals surface area contributed by atoms with Crippen molar-refractivity contribution < 1.29 is 13.9 Å². The van der Waals surface area contributed by atoms with E-state index in [0.29, 0.717) is 17.7 Å². The summed E-state index contributed by atoms with van der Waals surface area (Å²) in [5, 5.41) is 1.57. The zero-order chi connectivity index (χ0) is 12.8. The van der Waals surface area contributed by atoms with E-state index in [-0.39, 0.29) is 18.1 Å². The molecule has 0 spiro atoms. The Labute approximate surface area is 100 Å². The van der Waals surface area contributed by atoms with Gasteiger partial charge in [-0.1, -0.05) is 0 Å². The van der Waals surface area contributed by atoms with Crippen LogP contribution in [0, 0.1) is 5.82 Å². The highest BCUT2D eigenvalue weighted by atomic mass is 19.1. The summed E-state index contributed by atoms with van der Waals surface area (Å²) < 4.78 is 18.2. The first-order chi connectivity index (χ1) is 8.02. The van der Waals surface area contributed by atoms with E-state index in [1.54, 1.807) is 25.2 Å². The number of nitrogens with one attached hydrogen (secondary N) is 1. The summed E-state index contributed by atoms with van der Waals surface area (Å²) in [4.78, 5) is 11.4. The van der Waals surface area contributed by atoms with E-state index in [2.05, 4.69) is 5.43 Å². The quantitative estimate of drug-likeness (QED) is 0.790. The first-order valence-corrected chi connectivity index (χ1v) is 5.32. The predicted octanol–water partition coefficient (Wildman–Crippen LogP) is 1.36. The van der Waals surface area contributed by atoms with Gasteiger partial charge in [-0.3, -0.25) is 10.2 Å². The van der Waals surface area contributed by atoms with Crippen LogP contribution in [-0.2, 0) is 11.2 Å². The molecule has 0 aliphatic rings. The molecule has 1 rings (SSSR count). The monoisotopic (exact) mass is 240 g/mol. The summed E-state index contributed by atoms with van der Waals surface area (Å²) in [5.74, 6) is 0.166. The minimum absolute atomic E-state index is 0.110. The van der Waals surface area contributed by atoms with E-state index in [0.717, 1.165) is 0 Å². The number of ether oxygens (including phenoxy) is 1. The molecule has 0 fully saturated rings. The molecule has 0 saturated heterocycles. The number of hydrogen-bond donors (Lipinski definition) is 1. The van der Waals surface area contributed by atoms with Crippen molar-refractivity contribution >= 4 is 5.91 Å². The average molecular weight is 240 g/mol. The van der Waals surface area contributed by atoms with E-state index in [1.165, 1.54) is 19.2 Å². The summed E-state index contributed by atoms with van der Waals surface area (Å²) in [6.45, 7) is 0. The number of nitrogens with zero attached hydrogens (tertiary/aromatic N) is 1. The third-order valence-corrected chi connectivity index (χ3v) is 2.21. The minimum atomic E-state index is -0.325. The molecule has 0 bridgehead atoms. The number of methoxy groups -OCH3 is 1. The number of carbonyl (C=O) groups is 1. The number of amides is 1. The molecule has 0 aromatic heterocycles. The topological polar surface area (TPSA) is 41.6 Å². The number of rotatable bonds is 5. The van der Waals surface area contributed by atoms with Gasteiger partial charge in [-0.05, 0) is 30.2 Å². The smallest absolute Gasteiger partial charge is 0.234 e. The van der Waals surface area contributed by atoms with Gasteiger partial charge in [0, 0.05) is 20.5 Å².